The van der Waals surface area contributed by atoms with Crippen LogP contribution in [-0.4, -0.2) is 29.7 Å². The zero-order valence-electron chi connectivity index (χ0n) is 17.7. The molecule has 0 aromatic heterocycles. The number of halogens is 2. The first kappa shape index (κ1) is 22.6. The van der Waals surface area contributed by atoms with E-state index in [1.807, 2.05) is 18.2 Å². The molecule has 0 aliphatic carbocycles. The van der Waals surface area contributed by atoms with Crippen LogP contribution in [0, 0.1) is 5.92 Å². The summed E-state index contributed by atoms with van der Waals surface area (Å²) in [5.41, 5.74) is 0.661. The van der Waals surface area contributed by atoms with Crippen molar-refractivity contribution < 1.29 is 18.3 Å². The second-order valence-corrected chi connectivity index (χ2v) is 9.71. The highest BCUT2D eigenvalue weighted by Crippen LogP contribution is 2.42. The van der Waals surface area contributed by atoms with E-state index in [1.165, 1.54) is 22.6 Å². The van der Waals surface area contributed by atoms with E-state index in [9.17, 15) is 4.79 Å². The van der Waals surface area contributed by atoms with E-state index in [0.29, 0.717) is 13.1 Å². The second-order valence-electron chi connectivity index (χ2n) is 8.66. The third-order valence-electron chi connectivity index (χ3n) is 5.15. The predicted molar refractivity (Wildman–Crippen MR) is 117 cm³/mol. The van der Waals surface area contributed by atoms with Crippen LogP contribution in [0.5, 0.6) is 0 Å². The van der Waals surface area contributed by atoms with Crippen molar-refractivity contribution in [2.24, 2.45) is 5.92 Å². The van der Waals surface area contributed by atoms with Gasteiger partial charge in [0.25, 0.3) is 5.92 Å². The predicted octanol–water partition coefficient (Wildman–Crippen LogP) is 6.72. The molecule has 2 aromatic carbocycles. The Labute approximate surface area is 181 Å². The van der Waals surface area contributed by atoms with Gasteiger partial charge >= 0.3 is 6.09 Å². The van der Waals surface area contributed by atoms with Crippen LogP contribution in [0.2, 0.25) is 0 Å². The molecule has 30 heavy (non-hydrogen) atoms. The van der Waals surface area contributed by atoms with Crippen molar-refractivity contribution >= 4 is 17.9 Å². The van der Waals surface area contributed by atoms with Crippen LogP contribution in [0.15, 0.2) is 59.5 Å². The fraction of sp³-hybridized carbons (Fsp3) is 0.458. The van der Waals surface area contributed by atoms with Crippen molar-refractivity contribution in [3.8, 4) is 0 Å². The Hall–Kier alpha value is -2.08. The van der Waals surface area contributed by atoms with Crippen LogP contribution < -0.4 is 0 Å². The summed E-state index contributed by atoms with van der Waals surface area (Å²) in [6.45, 7) is 5.98. The lowest BCUT2D eigenvalue weighted by Crippen LogP contribution is -2.44. The molecule has 0 radical (unpaired) electrons. The van der Waals surface area contributed by atoms with Gasteiger partial charge in [-0.15, -0.1) is 11.8 Å². The number of likely N-dealkylation sites (tertiary alicyclic amines) is 1. The molecule has 0 spiro atoms. The van der Waals surface area contributed by atoms with Gasteiger partial charge in [-0.05, 0) is 51.3 Å². The summed E-state index contributed by atoms with van der Waals surface area (Å²) < 4.78 is 35.5. The summed E-state index contributed by atoms with van der Waals surface area (Å²) in [7, 11) is 0. The van der Waals surface area contributed by atoms with E-state index < -0.39 is 23.5 Å². The molecule has 0 bridgehead atoms. The Balaban J connectivity index is 1.56. The molecule has 0 unspecified atom stereocenters. The third-order valence-corrected chi connectivity index (χ3v) is 6.23. The fourth-order valence-electron chi connectivity index (χ4n) is 3.50. The zero-order valence-corrected chi connectivity index (χ0v) is 18.6. The zero-order chi connectivity index (χ0) is 21.8. The van der Waals surface area contributed by atoms with Gasteiger partial charge < -0.3 is 9.64 Å². The topological polar surface area (TPSA) is 29.5 Å². The first-order valence-corrected chi connectivity index (χ1v) is 11.3. The molecule has 1 aliphatic heterocycles. The highest BCUT2D eigenvalue weighted by atomic mass is 32.2. The van der Waals surface area contributed by atoms with Gasteiger partial charge in [-0.25, -0.2) is 13.6 Å². The number of benzene rings is 2. The second kappa shape index (κ2) is 9.38. The molecule has 6 heteroatoms. The minimum atomic E-state index is -2.91. The van der Waals surface area contributed by atoms with Gasteiger partial charge in [0.15, 0.2) is 0 Å². The maximum Gasteiger partial charge on any atom is 0.410 e. The standard InChI is InChI=1S/C24H29F2NO2S/c1-23(2,3)29-22(28)27-15-13-20(14-16-27)24(25,26)19-9-11-21(12-10-19)30-17-18-7-5-4-6-8-18/h4-12,20H,13-17H2,1-3H3. The molecule has 2 aromatic rings. The molecule has 3 nitrogen and oxygen atoms in total. The van der Waals surface area contributed by atoms with E-state index in [1.54, 1.807) is 44.7 Å². The number of carbonyl (C=O) groups is 1. The van der Waals surface area contributed by atoms with Crippen LogP contribution in [-0.2, 0) is 16.4 Å². The lowest BCUT2D eigenvalue weighted by atomic mass is 9.86. The average Bonchev–Trinajstić information content (AvgIpc) is 2.72. The summed E-state index contributed by atoms with van der Waals surface area (Å²) in [5, 5.41) is 0. The molecule has 162 valence electrons. The fourth-order valence-corrected chi connectivity index (χ4v) is 4.36. The van der Waals surface area contributed by atoms with Crippen molar-refractivity contribution in [3.05, 3.63) is 65.7 Å². The van der Waals surface area contributed by atoms with E-state index in [4.69, 9.17) is 4.74 Å². The molecule has 1 fully saturated rings. The van der Waals surface area contributed by atoms with Crippen LogP contribution in [0.3, 0.4) is 0 Å². The van der Waals surface area contributed by atoms with E-state index in [2.05, 4.69) is 12.1 Å². The van der Waals surface area contributed by atoms with Crippen molar-refractivity contribution in [3.63, 3.8) is 0 Å². The third kappa shape index (κ3) is 5.97. The molecule has 1 amide bonds. The summed E-state index contributed by atoms with van der Waals surface area (Å²) in [6.07, 6.45) is 0.0945. The van der Waals surface area contributed by atoms with Crippen molar-refractivity contribution in [1.29, 1.82) is 0 Å². The minimum Gasteiger partial charge on any atom is -0.444 e. The van der Waals surface area contributed by atoms with E-state index in [0.717, 1.165) is 10.6 Å². The SMILES string of the molecule is CC(C)(C)OC(=O)N1CCC(C(F)(F)c2ccc(SCc3ccccc3)cc2)CC1. The first-order chi connectivity index (χ1) is 14.1. The monoisotopic (exact) mass is 433 g/mol. The average molecular weight is 434 g/mol. The van der Waals surface area contributed by atoms with Crippen molar-refractivity contribution in [1.82, 2.24) is 4.90 Å². The summed E-state index contributed by atoms with van der Waals surface area (Å²) in [6, 6.07) is 16.7. The van der Waals surface area contributed by atoms with E-state index >= 15 is 8.78 Å². The lowest BCUT2D eigenvalue weighted by Gasteiger charge is -2.36. The summed E-state index contributed by atoms with van der Waals surface area (Å²) >= 11 is 1.63. The molecule has 3 rings (SSSR count). The highest BCUT2D eigenvalue weighted by molar-refractivity contribution is 7.98. The molecule has 1 aliphatic rings. The van der Waals surface area contributed by atoms with Crippen molar-refractivity contribution in [2.75, 3.05) is 13.1 Å². The molecule has 0 N–H and O–H groups in total. The largest absolute Gasteiger partial charge is 0.444 e. The van der Waals surface area contributed by atoms with Gasteiger partial charge in [0, 0.05) is 35.2 Å². The number of carbonyl (C=O) groups excluding carboxylic acids is 1. The van der Waals surface area contributed by atoms with Gasteiger partial charge in [0.2, 0.25) is 0 Å². The lowest BCUT2D eigenvalue weighted by molar-refractivity contribution is -0.0861. The Bertz CT molecular complexity index is 827. The van der Waals surface area contributed by atoms with Crippen LogP contribution in [0.4, 0.5) is 13.6 Å². The Morgan fingerprint density at radius 3 is 2.20 bits per heavy atom. The molecular weight excluding hydrogens is 404 g/mol. The van der Waals surface area contributed by atoms with E-state index in [-0.39, 0.29) is 18.4 Å². The molecular formula is C24H29F2NO2S. The smallest absolute Gasteiger partial charge is 0.410 e. The first-order valence-electron chi connectivity index (χ1n) is 10.3. The summed E-state index contributed by atoms with van der Waals surface area (Å²) in [5.74, 6) is -2.89. The number of piperidine rings is 1. The molecule has 0 atom stereocenters. The van der Waals surface area contributed by atoms with Crippen LogP contribution >= 0.6 is 11.8 Å². The molecule has 1 saturated heterocycles. The number of amides is 1. The summed E-state index contributed by atoms with van der Waals surface area (Å²) in [4.78, 5) is 14.7. The molecule has 0 saturated carbocycles. The number of thioether (sulfide) groups is 1. The maximum absolute atomic E-state index is 15.1. The number of hydrogen-bond acceptors (Lipinski definition) is 3. The number of hydrogen-bond donors (Lipinski definition) is 0. The van der Waals surface area contributed by atoms with Gasteiger partial charge in [-0.2, -0.15) is 0 Å². The van der Waals surface area contributed by atoms with Gasteiger partial charge in [0.1, 0.15) is 5.60 Å². The Morgan fingerprint density at radius 2 is 1.63 bits per heavy atom. The van der Waals surface area contributed by atoms with Gasteiger partial charge in [-0.3, -0.25) is 0 Å². The van der Waals surface area contributed by atoms with Gasteiger partial charge in [-0.1, -0.05) is 42.5 Å². The maximum atomic E-state index is 15.1. The highest BCUT2D eigenvalue weighted by Gasteiger charge is 2.43. The number of ether oxygens (including phenoxy) is 1. The van der Waals surface area contributed by atoms with Crippen molar-refractivity contribution in [2.45, 2.75) is 55.8 Å². The Morgan fingerprint density at radius 1 is 1.03 bits per heavy atom. The number of rotatable bonds is 5. The van der Waals surface area contributed by atoms with Crippen LogP contribution in [0.25, 0.3) is 0 Å². The quantitative estimate of drug-likeness (QED) is 0.490. The van der Waals surface area contributed by atoms with Crippen LogP contribution in [0.1, 0.15) is 44.7 Å². The number of nitrogens with zero attached hydrogens (tertiary/aromatic N) is 1. The van der Waals surface area contributed by atoms with Gasteiger partial charge in [0.05, 0.1) is 0 Å². The molecule has 1 heterocycles. The number of alkyl halides is 2. The Kier molecular flexibility index (Phi) is 7.06. The minimum absolute atomic E-state index is 0.0438. The normalized spacial score (nSPS) is 15.8.